The van der Waals surface area contributed by atoms with Crippen molar-refractivity contribution in [1.29, 1.82) is 0 Å². The Morgan fingerprint density at radius 3 is 2.57 bits per heavy atom. The van der Waals surface area contributed by atoms with Crippen LogP contribution in [0.2, 0.25) is 0 Å². The first-order chi connectivity index (χ1) is 3.34. The minimum Gasteiger partial charge on any atom is -0.119 e. The summed E-state index contributed by atoms with van der Waals surface area (Å²) in [6.07, 6.45) is 7.42. The Bertz CT molecular complexity index is 125. The van der Waals surface area contributed by atoms with Crippen LogP contribution in [0, 0.1) is 18.3 Å². The van der Waals surface area contributed by atoms with Crippen LogP contribution in [-0.2, 0) is 0 Å². The predicted molar refractivity (Wildman–Crippen MR) is 30.7 cm³/mol. The standard InChI is InChI=1S/C7H8/c1-3-7-5-4-6(7)2/h1,7H,2,4-5H2. The normalized spacial score (nSPS) is 28.4. The van der Waals surface area contributed by atoms with Crippen LogP contribution in [0.5, 0.6) is 0 Å². The summed E-state index contributed by atoms with van der Waals surface area (Å²) < 4.78 is 0. The second kappa shape index (κ2) is 1.42. The van der Waals surface area contributed by atoms with Crippen molar-refractivity contribution in [3.05, 3.63) is 12.2 Å². The first-order valence-corrected chi connectivity index (χ1v) is 2.48. The van der Waals surface area contributed by atoms with Gasteiger partial charge in [-0.05, 0) is 12.8 Å². The van der Waals surface area contributed by atoms with Crippen LogP contribution in [0.15, 0.2) is 12.2 Å². The van der Waals surface area contributed by atoms with Gasteiger partial charge in [-0.25, -0.2) is 0 Å². The number of rotatable bonds is 0. The number of hydrogen-bond acceptors (Lipinski definition) is 0. The summed E-state index contributed by atoms with van der Waals surface area (Å²) in [4.78, 5) is 0. The highest BCUT2D eigenvalue weighted by atomic mass is 14.2. The van der Waals surface area contributed by atoms with Gasteiger partial charge in [0.05, 0.1) is 0 Å². The van der Waals surface area contributed by atoms with Crippen molar-refractivity contribution in [1.82, 2.24) is 0 Å². The van der Waals surface area contributed by atoms with Gasteiger partial charge >= 0.3 is 0 Å². The first kappa shape index (κ1) is 4.46. The summed E-state index contributed by atoms with van der Waals surface area (Å²) in [6.45, 7) is 3.77. The summed E-state index contributed by atoms with van der Waals surface area (Å²) in [5.41, 5.74) is 1.24. The molecule has 0 heteroatoms. The largest absolute Gasteiger partial charge is 0.119 e. The summed E-state index contributed by atoms with van der Waals surface area (Å²) in [5, 5.41) is 0. The van der Waals surface area contributed by atoms with Crippen LogP contribution in [0.3, 0.4) is 0 Å². The molecule has 1 atom stereocenters. The fraction of sp³-hybridized carbons (Fsp3) is 0.429. The van der Waals surface area contributed by atoms with Crippen molar-refractivity contribution < 1.29 is 0 Å². The van der Waals surface area contributed by atoms with Crippen LogP contribution >= 0.6 is 0 Å². The fourth-order valence-corrected chi connectivity index (χ4v) is 0.694. The highest BCUT2D eigenvalue weighted by molar-refractivity contribution is 5.20. The minimum atomic E-state index is 0.417. The SMILES string of the molecule is C#CC1CCC1=C. The third-order valence-corrected chi connectivity index (χ3v) is 1.45. The summed E-state index contributed by atoms with van der Waals surface area (Å²) in [7, 11) is 0. The van der Waals surface area contributed by atoms with E-state index in [1.807, 2.05) is 0 Å². The Morgan fingerprint density at radius 2 is 2.57 bits per heavy atom. The third-order valence-electron chi connectivity index (χ3n) is 1.45. The minimum absolute atomic E-state index is 0.417. The zero-order valence-electron chi connectivity index (χ0n) is 4.28. The van der Waals surface area contributed by atoms with E-state index in [1.54, 1.807) is 0 Å². The second-order valence-corrected chi connectivity index (χ2v) is 1.92. The van der Waals surface area contributed by atoms with Gasteiger partial charge in [0.25, 0.3) is 0 Å². The topological polar surface area (TPSA) is 0 Å². The molecule has 1 fully saturated rings. The van der Waals surface area contributed by atoms with E-state index in [0.29, 0.717) is 5.92 Å². The fourth-order valence-electron chi connectivity index (χ4n) is 0.694. The predicted octanol–water partition coefficient (Wildman–Crippen LogP) is 1.59. The molecule has 0 bridgehead atoms. The molecule has 7 heavy (non-hydrogen) atoms. The lowest BCUT2D eigenvalue weighted by Crippen LogP contribution is -2.11. The molecule has 1 aliphatic rings. The highest BCUT2D eigenvalue weighted by Crippen LogP contribution is 2.30. The van der Waals surface area contributed by atoms with E-state index in [1.165, 1.54) is 5.57 Å². The molecule has 0 N–H and O–H groups in total. The van der Waals surface area contributed by atoms with Gasteiger partial charge in [-0.2, -0.15) is 0 Å². The average Bonchev–Trinajstić information content (AvgIpc) is 1.65. The van der Waals surface area contributed by atoms with Crippen LogP contribution in [0.1, 0.15) is 12.8 Å². The summed E-state index contributed by atoms with van der Waals surface area (Å²) in [5.74, 6) is 3.07. The Labute approximate surface area is 44.2 Å². The Kier molecular flexibility index (Phi) is 0.906. The van der Waals surface area contributed by atoms with Crippen molar-refractivity contribution in [2.45, 2.75) is 12.8 Å². The second-order valence-electron chi connectivity index (χ2n) is 1.92. The maximum absolute atomic E-state index is 5.11. The maximum atomic E-state index is 5.11. The van der Waals surface area contributed by atoms with Crippen LogP contribution in [0.25, 0.3) is 0 Å². The van der Waals surface area contributed by atoms with Gasteiger partial charge in [0.1, 0.15) is 0 Å². The molecule has 0 saturated heterocycles. The first-order valence-electron chi connectivity index (χ1n) is 2.48. The lowest BCUT2D eigenvalue weighted by atomic mass is 9.81. The molecule has 0 amide bonds. The molecule has 1 saturated carbocycles. The van der Waals surface area contributed by atoms with E-state index in [2.05, 4.69) is 12.5 Å². The molecule has 1 unspecified atom stereocenters. The Balaban J connectivity index is 2.48. The van der Waals surface area contributed by atoms with Gasteiger partial charge in [0.15, 0.2) is 0 Å². The lowest BCUT2D eigenvalue weighted by molar-refractivity contribution is 0.553. The van der Waals surface area contributed by atoms with E-state index in [-0.39, 0.29) is 0 Å². The molecule has 0 spiro atoms. The van der Waals surface area contributed by atoms with Gasteiger partial charge in [0.2, 0.25) is 0 Å². The number of terminal acetylenes is 1. The van der Waals surface area contributed by atoms with E-state index >= 15 is 0 Å². The van der Waals surface area contributed by atoms with Crippen molar-refractivity contribution in [2.75, 3.05) is 0 Å². The molecule has 0 heterocycles. The lowest BCUT2D eigenvalue weighted by Gasteiger charge is -2.22. The van der Waals surface area contributed by atoms with E-state index in [4.69, 9.17) is 6.42 Å². The van der Waals surface area contributed by atoms with Gasteiger partial charge in [0, 0.05) is 5.92 Å². The monoisotopic (exact) mass is 92.1 g/mol. The van der Waals surface area contributed by atoms with Crippen LogP contribution in [0.4, 0.5) is 0 Å². The number of allylic oxidation sites excluding steroid dienone is 1. The molecule has 0 aliphatic heterocycles. The molecule has 0 aromatic heterocycles. The van der Waals surface area contributed by atoms with Gasteiger partial charge in [-0.3, -0.25) is 0 Å². The zero-order valence-corrected chi connectivity index (χ0v) is 4.28. The maximum Gasteiger partial charge on any atom is 0.0409 e. The van der Waals surface area contributed by atoms with E-state index < -0.39 is 0 Å². The molecule has 1 aliphatic carbocycles. The van der Waals surface area contributed by atoms with Crippen molar-refractivity contribution in [3.63, 3.8) is 0 Å². The highest BCUT2D eigenvalue weighted by Gasteiger charge is 2.18. The van der Waals surface area contributed by atoms with Crippen LogP contribution in [-0.4, -0.2) is 0 Å². The Morgan fingerprint density at radius 1 is 1.86 bits per heavy atom. The van der Waals surface area contributed by atoms with Crippen molar-refractivity contribution in [2.24, 2.45) is 5.92 Å². The smallest absolute Gasteiger partial charge is 0.0409 e. The molecule has 0 aromatic carbocycles. The molecular weight excluding hydrogens is 84.1 g/mol. The quantitative estimate of drug-likeness (QED) is 0.314. The zero-order chi connectivity index (χ0) is 5.28. The third kappa shape index (κ3) is 0.544. The molecule has 1 rings (SSSR count). The molecule has 0 aromatic rings. The summed E-state index contributed by atoms with van der Waals surface area (Å²) >= 11 is 0. The van der Waals surface area contributed by atoms with Crippen molar-refractivity contribution >= 4 is 0 Å². The molecule has 0 nitrogen and oxygen atoms in total. The average molecular weight is 92.1 g/mol. The van der Waals surface area contributed by atoms with E-state index in [0.717, 1.165) is 12.8 Å². The van der Waals surface area contributed by atoms with Crippen LogP contribution < -0.4 is 0 Å². The van der Waals surface area contributed by atoms with Gasteiger partial charge < -0.3 is 0 Å². The summed E-state index contributed by atoms with van der Waals surface area (Å²) in [6, 6.07) is 0. The molecular formula is C7H8. The molecule has 36 valence electrons. The van der Waals surface area contributed by atoms with E-state index in [9.17, 15) is 0 Å². The number of hydrogen-bond donors (Lipinski definition) is 0. The van der Waals surface area contributed by atoms with Gasteiger partial charge in [-0.15, -0.1) is 6.42 Å². The van der Waals surface area contributed by atoms with Crippen molar-refractivity contribution in [3.8, 4) is 12.3 Å². The Hall–Kier alpha value is -0.700. The molecule has 0 radical (unpaired) electrons. The van der Waals surface area contributed by atoms with Gasteiger partial charge in [-0.1, -0.05) is 18.1 Å².